The fourth-order valence-corrected chi connectivity index (χ4v) is 4.16. The molecule has 3 nitrogen and oxygen atoms in total. The number of phenols is 1. The third-order valence-electron chi connectivity index (χ3n) is 6.15. The molecule has 1 heterocycles. The largest absolute Gasteiger partial charge is 0.507 e. The summed E-state index contributed by atoms with van der Waals surface area (Å²) in [4.78, 5) is 0. The van der Waals surface area contributed by atoms with Gasteiger partial charge in [0, 0.05) is 22.3 Å². The van der Waals surface area contributed by atoms with Crippen LogP contribution in [0.4, 0.5) is 4.39 Å². The molecule has 3 aromatic carbocycles. The lowest BCUT2D eigenvalue weighted by Gasteiger charge is -2.28. The first-order valence-corrected chi connectivity index (χ1v) is 11.7. The number of halogens is 1. The number of phenolic OH excluding ortho intramolecular Hbond substituents is 1. The molecule has 0 atom stereocenters. The Bertz CT molecular complexity index is 1220. The molecule has 1 N–H and O–H groups in total. The van der Waals surface area contributed by atoms with Crippen molar-refractivity contribution in [1.29, 1.82) is 0 Å². The van der Waals surface area contributed by atoms with Crippen LogP contribution in [0.2, 0.25) is 0 Å². The molecule has 0 aliphatic rings. The molecule has 0 aliphatic carbocycles. The van der Waals surface area contributed by atoms with E-state index >= 15 is 0 Å². The minimum absolute atomic E-state index is 0.237. The maximum Gasteiger partial charge on any atom is 0.123 e. The Hall–Kier alpha value is -3.40. The van der Waals surface area contributed by atoms with Gasteiger partial charge in [-0.05, 0) is 60.2 Å². The van der Waals surface area contributed by atoms with Crippen molar-refractivity contribution in [2.45, 2.75) is 59.3 Å². The lowest BCUT2D eigenvalue weighted by atomic mass is 9.78. The Morgan fingerprint density at radius 1 is 0.735 bits per heavy atom. The van der Waals surface area contributed by atoms with Gasteiger partial charge in [0.05, 0.1) is 17.1 Å². The van der Waals surface area contributed by atoms with Crippen LogP contribution < -0.4 is 0 Å². The van der Waals surface area contributed by atoms with Gasteiger partial charge in [-0.1, -0.05) is 71.4 Å². The van der Waals surface area contributed by atoms with Crippen molar-refractivity contribution in [3.05, 3.63) is 89.2 Å². The zero-order chi connectivity index (χ0) is 24.8. The van der Waals surface area contributed by atoms with Gasteiger partial charge in [-0.25, -0.2) is 9.07 Å². The summed E-state index contributed by atoms with van der Waals surface area (Å²) >= 11 is 0. The second-order valence-electron chi connectivity index (χ2n) is 11.1. The molecule has 0 amide bonds. The van der Waals surface area contributed by atoms with Crippen LogP contribution in [-0.2, 0) is 10.8 Å². The average Bonchev–Trinajstić information content (AvgIpc) is 3.18. The van der Waals surface area contributed by atoms with Crippen LogP contribution in [0.25, 0.3) is 28.2 Å². The average molecular weight is 457 g/mol. The van der Waals surface area contributed by atoms with Gasteiger partial charge in [-0.15, -0.1) is 0 Å². The lowest BCUT2D eigenvalue weighted by molar-refractivity contribution is 0.423. The van der Waals surface area contributed by atoms with Gasteiger partial charge in [0.25, 0.3) is 0 Å². The zero-order valence-electron chi connectivity index (χ0n) is 21.1. The molecule has 0 saturated carbocycles. The Morgan fingerprint density at radius 3 is 1.76 bits per heavy atom. The molecule has 0 radical (unpaired) electrons. The molecule has 0 spiro atoms. The van der Waals surface area contributed by atoms with E-state index in [2.05, 4.69) is 78.8 Å². The maximum absolute atomic E-state index is 13.6. The molecule has 4 rings (SSSR count). The van der Waals surface area contributed by atoms with Gasteiger partial charge < -0.3 is 5.11 Å². The number of aromatic nitrogens is 2. The van der Waals surface area contributed by atoms with E-state index in [1.54, 1.807) is 12.1 Å². The minimum Gasteiger partial charge on any atom is -0.507 e. The summed E-state index contributed by atoms with van der Waals surface area (Å²) in [5.41, 5.74) is 6.97. The third-order valence-corrected chi connectivity index (χ3v) is 6.15. The molecule has 0 bridgehead atoms. The monoisotopic (exact) mass is 456 g/mol. The molecular formula is C30H33FN2O. The summed E-state index contributed by atoms with van der Waals surface area (Å²) in [6, 6.07) is 20.8. The van der Waals surface area contributed by atoms with Gasteiger partial charge in [0.1, 0.15) is 11.6 Å². The van der Waals surface area contributed by atoms with Crippen molar-refractivity contribution in [3.63, 3.8) is 0 Å². The maximum atomic E-state index is 13.6. The van der Waals surface area contributed by atoms with E-state index in [9.17, 15) is 9.50 Å². The van der Waals surface area contributed by atoms with Crippen LogP contribution in [0.1, 0.15) is 58.2 Å². The number of nitrogens with zero attached hydrogens (tertiary/aromatic N) is 2. The molecule has 0 unspecified atom stereocenters. The van der Waals surface area contributed by atoms with Crippen molar-refractivity contribution in [2.24, 2.45) is 0 Å². The summed E-state index contributed by atoms with van der Waals surface area (Å²) in [5.74, 6) is 0.0664. The molecule has 34 heavy (non-hydrogen) atoms. The highest BCUT2D eigenvalue weighted by molar-refractivity contribution is 5.73. The van der Waals surface area contributed by atoms with Crippen molar-refractivity contribution in [1.82, 2.24) is 9.78 Å². The van der Waals surface area contributed by atoms with Gasteiger partial charge >= 0.3 is 0 Å². The molecule has 176 valence electrons. The minimum atomic E-state index is -0.281. The van der Waals surface area contributed by atoms with Crippen molar-refractivity contribution >= 4 is 0 Å². The summed E-state index contributed by atoms with van der Waals surface area (Å²) < 4.78 is 15.5. The molecule has 0 saturated heterocycles. The van der Waals surface area contributed by atoms with E-state index in [1.807, 2.05) is 16.8 Å². The predicted molar refractivity (Wildman–Crippen MR) is 138 cm³/mol. The standard InChI is InChI=1S/C30H33FN2O/c1-19-8-10-20(11-9-19)27-18-26(32-33(27)23-14-12-22(31)13-15-23)21-16-24(29(2,3)4)28(34)25(17-21)30(5,6)7/h8-18,34H,1-7H3. The van der Waals surface area contributed by atoms with Gasteiger partial charge in [-0.2, -0.15) is 5.10 Å². The molecule has 1 aromatic heterocycles. The number of benzene rings is 3. The van der Waals surface area contributed by atoms with Crippen LogP contribution in [-0.4, -0.2) is 14.9 Å². The number of hydrogen-bond donors (Lipinski definition) is 1. The Kier molecular flexibility index (Phi) is 5.89. The number of aromatic hydroxyl groups is 1. The summed E-state index contributed by atoms with van der Waals surface area (Å²) in [7, 11) is 0. The first-order valence-electron chi connectivity index (χ1n) is 11.7. The first-order chi connectivity index (χ1) is 15.8. The quantitative estimate of drug-likeness (QED) is 0.340. The smallest absolute Gasteiger partial charge is 0.123 e. The topological polar surface area (TPSA) is 38.1 Å². The van der Waals surface area contributed by atoms with Crippen molar-refractivity contribution < 1.29 is 9.50 Å². The Morgan fingerprint density at radius 2 is 1.26 bits per heavy atom. The van der Waals surface area contributed by atoms with Gasteiger partial charge in [0.2, 0.25) is 0 Å². The van der Waals surface area contributed by atoms with Crippen molar-refractivity contribution in [2.75, 3.05) is 0 Å². The number of rotatable bonds is 3. The third kappa shape index (κ3) is 4.63. The first kappa shape index (κ1) is 23.7. The van der Waals surface area contributed by atoms with E-state index < -0.39 is 0 Å². The normalized spacial score (nSPS) is 12.2. The Labute approximate surface area is 201 Å². The van der Waals surface area contributed by atoms with E-state index in [-0.39, 0.29) is 16.6 Å². The molecule has 0 aliphatic heterocycles. The van der Waals surface area contributed by atoms with Crippen LogP contribution in [0, 0.1) is 12.7 Å². The van der Waals surface area contributed by atoms with Crippen LogP contribution in [0.15, 0.2) is 66.7 Å². The second-order valence-corrected chi connectivity index (χ2v) is 11.1. The van der Waals surface area contributed by atoms with E-state index in [0.29, 0.717) is 5.75 Å². The molecular weight excluding hydrogens is 423 g/mol. The van der Waals surface area contributed by atoms with Crippen LogP contribution >= 0.6 is 0 Å². The van der Waals surface area contributed by atoms with Crippen LogP contribution in [0.3, 0.4) is 0 Å². The lowest BCUT2D eigenvalue weighted by Crippen LogP contribution is -2.17. The van der Waals surface area contributed by atoms with E-state index in [4.69, 9.17) is 5.10 Å². The fourth-order valence-electron chi connectivity index (χ4n) is 4.16. The molecule has 0 fully saturated rings. The second kappa shape index (κ2) is 8.43. The highest BCUT2D eigenvalue weighted by Crippen LogP contribution is 2.42. The number of hydrogen-bond acceptors (Lipinski definition) is 2. The SMILES string of the molecule is Cc1ccc(-c2cc(-c3cc(C(C)(C)C)c(O)c(C(C)(C)C)c3)nn2-c2ccc(F)cc2)cc1. The summed E-state index contributed by atoms with van der Waals surface area (Å²) in [5, 5.41) is 16.1. The fraction of sp³-hybridized carbons (Fsp3) is 0.300. The summed E-state index contributed by atoms with van der Waals surface area (Å²) in [6.45, 7) is 14.7. The number of aryl methyl sites for hydroxylation is 1. The van der Waals surface area contributed by atoms with Gasteiger partial charge in [0.15, 0.2) is 0 Å². The van der Waals surface area contributed by atoms with E-state index in [0.717, 1.165) is 39.3 Å². The van der Waals surface area contributed by atoms with Gasteiger partial charge in [-0.3, -0.25) is 0 Å². The summed E-state index contributed by atoms with van der Waals surface area (Å²) in [6.07, 6.45) is 0. The zero-order valence-corrected chi connectivity index (χ0v) is 21.1. The molecule has 4 heteroatoms. The highest BCUT2D eigenvalue weighted by Gasteiger charge is 2.27. The van der Waals surface area contributed by atoms with Crippen molar-refractivity contribution in [3.8, 4) is 34.0 Å². The van der Waals surface area contributed by atoms with Crippen LogP contribution in [0.5, 0.6) is 5.75 Å². The Balaban J connectivity index is 1.97. The van der Waals surface area contributed by atoms with E-state index in [1.165, 1.54) is 17.7 Å². The molecule has 4 aromatic rings. The predicted octanol–water partition coefficient (Wildman–Crippen LogP) is 7.95. The highest BCUT2D eigenvalue weighted by atomic mass is 19.1.